The monoisotopic (exact) mass is 262 g/mol. The largest absolute Gasteiger partial charge is 0.436 e. The van der Waals surface area contributed by atoms with Crippen LogP contribution in [0, 0.1) is 0 Å². The van der Waals surface area contributed by atoms with Crippen molar-refractivity contribution in [3.05, 3.63) is 0 Å². The molecule has 0 saturated carbocycles. The maximum Gasteiger partial charge on any atom is 0.305 e. The fraction of sp³-hybridized carbons (Fsp3) is 0.833. The van der Waals surface area contributed by atoms with E-state index in [-0.39, 0.29) is 12.8 Å². The van der Waals surface area contributed by atoms with Crippen LogP contribution in [-0.4, -0.2) is 34.2 Å². The normalized spacial score (nSPS) is 15.6. The first-order chi connectivity index (χ1) is 8.29. The third-order valence-electron chi connectivity index (χ3n) is 2.30. The second-order valence-electron chi connectivity index (χ2n) is 4.27. The molecule has 0 fully saturated rings. The van der Waals surface area contributed by atoms with Crippen molar-refractivity contribution in [3.63, 3.8) is 0 Å². The second kappa shape index (κ2) is 8.05. The van der Waals surface area contributed by atoms with Gasteiger partial charge in [0.15, 0.2) is 0 Å². The van der Waals surface area contributed by atoms with Gasteiger partial charge in [-0.1, -0.05) is 19.8 Å². The molecule has 2 N–H and O–H groups in total. The van der Waals surface area contributed by atoms with Crippen molar-refractivity contribution in [3.8, 4) is 0 Å². The molecule has 18 heavy (non-hydrogen) atoms. The van der Waals surface area contributed by atoms with Gasteiger partial charge in [0.25, 0.3) is 0 Å². The highest BCUT2D eigenvalue weighted by molar-refractivity contribution is 5.66. The Labute approximate surface area is 107 Å². The van der Waals surface area contributed by atoms with E-state index in [1.165, 1.54) is 6.92 Å². The summed E-state index contributed by atoms with van der Waals surface area (Å²) < 4.78 is 9.30. The summed E-state index contributed by atoms with van der Waals surface area (Å²) in [4.78, 5) is 21.6. The van der Waals surface area contributed by atoms with Gasteiger partial charge in [0.2, 0.25) is 12.1 Å². The molecule has 0 rings (SSSR count). The zero-order valence-corrected chi connectivity index (χ0v) is 11.1. The van der Waals surface area contributed by atoms with Crippen LogP contribution in [0.3, 0.4) is 0 Å². The number of hydrogen-bond donors (Lipinski definition) is 2. The number of unbranched alkanes of at least 4 members (excludes halogenated alkanes) is 2. The topological polar surface area (TPSA) is 93.1 Å². The highest BCUT2D eigenvalue weighted by Crippen LogP contribution is 2.23. The first kappa shape index (κ1) is 16.9. The van der Waals surface area contributed by atoms with E-state index in [4.69, 9.17) is 4.74 Å². The minimum Gasteiger partial charge on any atom is -0.436 e. The van der Waals surface area contributed by atoms with Crippen molar-refractivity contribution >= 4 is 11.9 Å². The number of ether oxygens (including phenoxy) is 2. The van der Waals surface area contributed by atoms with Crippen LogP contribution < -0.4 is 0 Å². The maximum atomic E-state index is 10.9. The molecule has 0 aliphatic heterocycles. The van der Waals surface area contributed by atoms with Crippen molar-refractivity contribution in [1.29, 1.82) is 0 Å². The fourth-order valence-corrected chi connectivity index (χ4v) is 1.62. The Morgan fingerprint density at radius 1 is 1.22 bits per heavy atom. The molecule has 0 aromatic heterocycles. The molecule has 2 atom stereocenters. The quantitative estimate of drug-likeness (QED) is 0.386. The molecule has 106 valence electrons. The second-order valence-corrected chi connectivity index (χ2v) is 4.27. The molecule has 6 heteroatoms. The van der Waals surface area contributed by atoms with Gasteiger partial charge in [-0.25, -0.2) is 0 Å². The van der Waals surface area contributed by atoms with Crippen molar-refractivity contribution in [2.75, 3.05) is 0 Å². The van der Waals surface area contributed by atoms with E-state index in [0.29, 0.717) is 6.42 Å². The zero-order valence-electron chi connectivity index (χ0n) is 11.1. The summed E-state index contributed by atoms with van der Waals surface area (Å²) in [6.45, 7) is 4.31. The predicted octanol–water partition coefficient (Wildman–Crippen LogP) is 1.09. The summed E-state index contributed by atoms with van der Waals surface area (Å²) in [5.74, 6) is -3.11. The van der Waals surface area contributed by atoms with Crippen LogP contribution in [0.25, 0.3) is 0 Å². The predicted molar refractivity (Wildman–Crippen MR) is 63.2 cm³/mol. The standard InChI is InChI=1S/C12H22O6/c1-4-5-6-7-12(16,18-10(3)14)8-11(15)17-9(2)13/h11,15-16H,4-8H2,1-3H3. The molecular weight excluding hydrogens is 240 g/mol. The van der Waals surface area contributed by atoms with Gasteiger partial charge >= 0.3 is 11.9 Å². The van der Waals surface area contributed by atoms with Crippen LogP contribution in [0.1, 0.15) is 52.9 Å². The highest BCUT2D eigenvalue weighted by atomic mass is 16.7. The number of esters is 2. The number of hydrogen-bond acceptors (Lipinski definition) is 6. The smallest absolute Gasteiger partial charge is 0.305 e. The van der Waals surface area contributed by atoms with Gasteiger partial charge in [-0.3, -0.25) is 9.59 Å². The summed E-state index contributed by atoms with van der Waals surface area (Å²) in [6.07, 6.45) is 0.811. The molecule has 0 radical (unpaired) electrons. The lowest BCUT2D eigenvalue weighted by Crippen LogP contribution is -2.39. The first-order valence-electron chi connectivity index (χ1n) is 6.06. The Bertz CT molecular complexity index is 278. The average Bonchev–Trinajstić information content (AvgIpc) is 2.14. The average molecular weight is 262 g/mol. The Balaban J connectivity index is 4.44. The van der Waals surface area contributed by atoms with Gasteiger partial charge in [-0.15, -0.1) is 0 Å². The Hall–Kier alpha value is -1.14. The SMILES string of the molecule is CCCCCC(O)(CC(O)OC(C)=O)OC(C)=O. The van der Waals surface area contributed by atoms with Gasteiger partial charge < -0.3 is 19.7 Å². The third kappa shape index (κ3) is 8.03. The highest BCUT2D eigenvalue weighted by Gasteiger charge is 2.34. The van der Waals surface area contributed by atoms with E-state index >= 15 is 0 Å². The lowest BCUT2D eigenvalue weighted by molar-refractivity contribution is -0.239. The van der Waals surface area contributed by atoms with Crippen LogP contribution >= 0.6 is 0 Å². The van der Waals surface area contributed by atoms with Crippen LogP contribution in [0.5, 0.6) is 0 Å². The van der Waals surface area contributed by atoms with Gasteiger partial charge in [-0.2, -0.15) is 0 Å². The van der Waals surface area contributed by atoms with Crippen molar-refractivity contribution in [1.82, 2.24) is 0 Å². The van der Waals surface area contributed by atoms with E-state index in [1.54, 1.807) is 0 Å². The Morgan fingerprint density at radius 3 is 2.28 bits per heavy atom. The molecule has 0 spiro atoms. The van der Waals surface area contributed by atoms with E-state index in [9.17, 15) is 19.8 Å². The summed E-state index contributed by atoms with van der Waals surface area (Å²) in [5.41, 5.74) is 0. The van der Waals surface area contributed by atoms with Crippen LogP contribution in [0.4, 0.5) is 0 Å². The third-order valence-corrected chi connectivity index (χ3v) is 2.30. The Kier molecular flexibility index (Phi) is 7.54. The summed E-state index contributed by atoms with van der Waals surface area (Å²) in [5, 5.41) is 19.5. The number of aliphatic hydroxyl groups excluding tert-OH is 1. The number of carbonyl (C=O) groups is 2. The molecule has 6 nitrogen and oxygen atoms in total. The number of aliphatic hydroxyl groups is 2. The molecule has 0 aliphatic rings. The molecule has 0 aliphatic carbocycles. The minimum absolute atomic E-state index is 0.193. The minimum atomic E-state index is -1.80. The lowest BCUT2D eigenvalue weighted by atomic mass is 10.0. The zero-order chi connectivity index (χ0) is 14.2. The van der Waals surface area contributed by atoms with Crippen molar-refractivity contribution < 1.29 is 29.3 Å². The van der Waals surface area contributed by atoms with Crippen LogP contribution in [0.15, 0.2) is 0 Å². The van der Waals surface area contributed by atoms with Gasteiger partial charge in [0.05, 0.1) is 6.42 Å². The lowest BCUT2D eigenvalue weighted by Gasteiger charge is -2.29. The summed E-state index contributed by atoms with van der Waals surface area (Å²) in [6, 6.07) is 0. The van der Waals surface area contributed by atoms with Crippen molar-refractivity contribution in [2.45, 2.75) is 65.0 Å². The van der Waals surface area contributed by atoms with Gasteiger partial charge in [0, 0.05) is 20.3 Å². The fourth-order valence-electron chi connectivity index (χ4n) is 1.62. The van der Waals surface area contributed by atoms with Crippen LogP contribution in [-0.2, 0) is 19.1 Å². The maximum absolute atomic E-state index is 10.9. The molecule has 2 unspecified atom stereocenters. The van der Waals surface area contributed by atoms with E-state index in [2.05, 4.69) is 4.74 Å². The molecule has 0 aromatic rings. The molecular formula is C12H22O6. The van der Waals surface area contributed by atoms with E-state index in [1.807, 2.05) is 6.92 Å². The van der Waals surface area contributed by atoms with E-state index < -0.39 is 24.0 Å². The van der Waals surface area contributed by atoms with Crippen molar-refractivity contribution in [2.24, 2.45) is 0 Å². The van der Waals surface area contributed by atoms with Gasteiger partial charge in [-0.05, 0) is 6.42 Å². The summed E-state index contributed by atoms with van der Waals surface area (Å²) >= 11 is 0. The molecule has 0 bridgehead atoms. The number of carbonyl (C=O) groups excluding carboxylic acids is 2. The van der Waals surface area contributed by atoms with Gasteiger partial charge in [0.1, 0.15) is 0 Å². The van der Waals surface area contributed by atoms with E-state index in [0.717, 1.165) is 19.8 Å². The molecule has 0 heterocycles. The Morgan fingerprint density at radius 2 is 1.83 bits per heavy atom. The first-order valence-corrected chi connectivity index (χ1v) is 6.06. The molecule has 0 amide bonds. The molecule has 0 saturated heterocycles. The number of rotatable bonds is 8. The summed E-state index contributed by atoms with van der Waals surface area (Å²) in [7, 11) is 0. The molecule has 0 aromatic carbocycles. The van der Waals surface area contributed by atoms with Crippen LogP contribution in [0.2, 0.25) is 0 Å².